The van der Waals surface area contributed by atoms with E-state index in [-0.39, 0.29) is 56.9 Å². The number of Topliss-reactive ketones (excluding diaryl/α,β-unsaturated/α-hetero) is 1. The number of pyridine rings is 1. The molecule has 1 amide bonds. The zero-order valence-corrected chi connectivity index (χ0v) is 37.1. The van der Waals surface area contributed by atoms with Gasteiger partial charge in [-0.25, -0.2) is 14.7 Å². The van der Waals surface area contributed by atoms with E-state index in [9.17, 15) is 24.6 Å². The van der Waals surface area contributed by atoms with Crippen LogP contribution in [0.4, 0.5) is 0 Å². The van der Waals surface area contributed by atoms with Crippen molar-refractivity contribution in [3.8, 4) is 5.82 Å². The molecule has 61 heavy (non-hydrogen) atoms. The standard InChI is InChI=1S/C44H64N6O11/c1-12-30-20-46-50(21-30)37-15-14-31(19-45-37)22-58-48-32-23-56-36-17-33(47-29(7)51)25(3)18-43(8,57-24-32)40(61-42-39(53)34(49(10)11)16-26(4)59-42)27(5)38(52)28(6)41(54)60-35(13-2)44(36,9)55/h12,14-15,19-21,25-28,34-36,39-40,42,53,55H,1,13,16-18,22-24H2,2-11H3/b47-33?,48-32-/t25-,26-,27+,28-,34+,35+,36+,39-,40-,42+,43-,44-/m1/s1. The number of aliphatic hydroxyl groups excluding tert-OH is 1. The average molecular weight is 853 g/mol. The van der Waals surface area contributed by atoms with Gasteiger partial charge in [-0.1, -0.05) is 44.6 Å². The molecule has 0 unspecified atom stereocenters. The van der Waals surface area contributed by atoms with Crippen LogP contribution in [0, 0.1) is 17.8 Å². The Kier molecular flexibility index (Phi) is 15.9. The number of amides is 1. The molecule has 12 atom stereocenters. The molecule has 0 spiro atoms. The van der Waals surface area contributed by atoms with Crippen LogP contribution in [0.5, 0.6) is 0 Å². The van der Waals surface area contributed by atoms with E-state index in [1.165, 1.54) is 20.8 Å². The zero-order chi connectivity index (χ0) is 44.8. The summed E-state index contributed by atoms with van der Waals surface area (Å²) in [6.45, 7) is 16.6. The number of aliphatic imine (C=N–C) groups is 1. The molecule has 0 saturated carbocycles. The van der Waals surface area contributed by atoms with Gasteiger partial charge in [-0.05, 0) is 73.0 Å². The molecule has 2 N–H and O–H groups in total. The highest BCUT2D eigenvalue weighted by molar-refractivity contribution is 6.00. The van der Waals surface area contributed by atoms with E-state index >= 15 is 0 Å². The largest absolute Gasteiger partial charge is 0.459 e. The second kappa shape index (κ2) is 20.3. The molecule has 3 aliphatic heterocycles. The van der Waals surface area contributed by atoms with Crippen molar-refractivity contribution < 1.29 is 53.1 Å². The monoisotopic (exact) mass is 852 g/mol. The third-order valence-corrected chi connectivity index (χ3v) is 12.1. The van der Waals surface area contributed by atoms with E-state index in [4.69, 9.17) is 28.5 Å². The Labute approximate surface area is 358 Å². The molecule has 3 saturated heterocycles. The Bertz CT molecular complexity index is 1910. The molecule has 3 aliphatic rings. The number of hydrogen-bond donors (Lipinski definition) is 2. The van der Waals surface area contributed by atoms with Crippen molar-refractivity contribution in [1.82, 2.24) is 19.7 Å². The molecule has 2 aromatic heterocycles. The fourth-order valence-electron chi connectivity index (χ4n) is 8.42. The van der Waals surface area contributed by atoms with E-state index in [2.05, 4.69) is 26.8 Å². The minimum Gasteiger partial charge on any atom is -0.459 e. The molecular weight excluding hydrogens is 789 g/mol. The molecule has 0 radical (unpaired) electrons. The van der Waals surface area contributed by atoms with Gasteiger partial charge in [0.15, 0.2) is 17.9 Å². The number of aliphatic hydroxyl groups is 2. The fourth-order valence-corrected chi connectivity index (χ4v) is 8.42. The number of esters is 1. The van der Waals surface area contributed by atoms with Crippen LogP contribution in [0.1, 0.15) is 92.2 Å². The van der Waals surface area contributed by atoms with E-state index in [0.29, 0.717) is 23.5 Å². The predicted molar refractivity (Wildman–Crippen MR) is 226 cm³/mol. The molecule has 5 heterocycles. The number of nitrogens with zero attached hydrogens (tertiary/aromatic N) is 6. The van der Waals surface area contributed by atoms with Gasteiger partial charge in [0.2, 0.25) is 5.91 Å². The lowest BCUT2D eigenvalue weighted by Crippen LogP contribution is -2.59. The first-order valence-corrected chi connectivity index (χ1v) is 21.0. The summed E-state index contributed by atoms with van der Waals surface area (Å²) in [6.07, 6.45) is 1.70. The Balaban J connectivity index is 1.59. The number of rotatable bonds is 9. The van der Waals surface area contributed by atoms with E-state index < -0.39 is 77.3 Å². The normalized spacial score (nSPS) is 35.9. The number of carbonyl (C=O) groups is 3. The highest BCUT2D eigenvalue weighted by Gasteiger charge is 2.51. The van der Waals surface area contributed by atoms with Crippen molar-refractivity contribution in [2.75, 3.05) is 27.3 Å². The highest BCUT2D eigenvalue weighted by Crippen LogP contribution is 2.39. The fraction of sp³-hybridized carbons (Fsp3) is 0.659. The number of fused-ring (bicyclic) bond motifs is 5. The first kappa shape index (κ1) is 47.8. The third kappa shape index (κ3) is 11.4. The number of ketones is 1. The van der Waals surface area contributed by atoms with Gasteiger partial charge in [0.1, 0.15) is 36.0 Å². The molecule has 2 bridgehead atoms. The van der Waals surface area contributed by atoms with E-state index in [1.54, 1.807) is 50.0 Å². The maximum Gasteiger partial charge on any atom is 0.316 e. The second-order valence-electron chi connectivity index (χ2n) is 17.3. The number of ether oxygens (including phenoxy) is 5. The number of carbonyl (C=O) groups excluding carboxylic acids is 3. The van der Waals surface area contributed by atoms with Crippen LogP contribution in [0.25, 0.3) is 11.9 Å². The van der Waals surface area contributed by atoms with E-state index in [0.717, 1.165) is 5.56 Å². The molecule has 0 aromatic carbocycles. The van der Waals surface area contributed by atoms with Crippen molar-refractivity contribution in [3.05, 3.63) is 48.4 Å². The van der Waals surface area contributed by atoms with Crippen molar-refractivity contribution >= 4 is 35.2 Å². The zero-order valence-electron chi connectivity index (χ0n) is 37.1. The highest BCUT2D eigenvalue weighted by atomic mass is 16.7. The topological polar surface area (TPSA) is 206 Å². The summed E-state index contributed by atoms with van der Waals surface area (Å²) in [6, 6.07) is 3.31. The lowest BCUT2D eigenvalue weighted by molar-refractivity contribution is -0.296. The third-order valence-electron chi connectivity index (χ3n) is 12.1. The lowest BCUT2D eigenvalue weighted by atomic mass is 9.76. The summed E-state index contributed by atoms with van der Waals surface area (Å²) in [4.78, 5) is 57.7. The molecule has 336 valence electrons. The molecule has 17 heteroatoms. The summed E-state index contributed by atoms with van der Waals surface area (Å²) < 4.78 is 33.9. The summed E-state index contributed by atoms with van der Waals surface area (Å²) in [5.41, 5.74) is -0.985. The molecule has 3 fully saturated rings. The maximum atomic E-state index is 14.5. The first-order chi connectivity index (χ1) is 28.8. The van der Waals surface area contributed by atoms with Crippen molar-refractivity contribution in [2.24, 2.45) is 27.9 Å². The van der Waals surface area contributed by atoms with Crippen molar-refractivity contribution in [2.45, 2.75) is 142 Å². The number of cyclic esters (lactones) is 1. The van der Waals surface area contributed by atoms with Crippen molar-refractivity contribution in [3.63, 3.8) is 0 Å². The average Bonchev–Trinajstić information content (AvgIpc) is 3.70. The molecule has 0 aliphatic carbocycles. The molecular formula is C44H64N6O11. The lowest BCUT2D eigenvalue weighted by Gasteiger charge is -2.47. The van der Waals surface area contributed by atoms with Crippen LogP contribution >= 0.6 is 0 Å². The van der Waals surface area contributed by atoms with Gasteiger partial charge in [0.05, 0.1) is 43.3 Å². The van der Waals surface area contributed by atoms with Gasteiger partial charge in [-0.3, -0.25) is 14.4 Å². The summed E-state index contributed by atoms with van der Waals surface area (Å²) >= 11 is 0. The van der Waals surface area contributed by atoms with Gasteiger partial charge in [0, 0.05) is 54.5 Å². The first-order valence-electron chi connectivity index (χ1n) is 21.0. The van der Waals surface area contributed by atoms with E-state index in [1.807, 2.05) is 45.1 Å². The number of oxime groups is 1. The van der Waals surface area contributed by atoms with Gasteiger partial charge >= 0.3 is 5.97 Å². The Hall–Kier alpha value is -4.23. The number of likely N-dealkylation sites (N-methyl/N-ethyl adjacent to an activating group) is 1. The minimum atomic E-state index is -1.83. The van der Waals surface area contributed by atoms with Gasteiger partial charge < -0.3 is 43.6 Å². The second-order valence-corrected chi connectivity index (χ2v) is 17.3. The minimum absolute atomic E-state index is 0.0311. The van der Waals surface area contributed by atoms with Crippen molar-refractivity contribution in [1.29, 1.82) is 0 Å². The summed E-state index contributed by atoms with van der Waals surface area (Å²) in [5, 5.41) is 32.7. The van der Waals surface area contributed by atoms with Gasteiger partial charge in [-0.15, -0.1) is 0 Å². The summed E-state index contributed by atoms with van der Waals surface area (Å²) in [7, 11) is 3.72. The van der Waals surface area contributed by atoms with Crippen LogP contribution in [0.2, 0.25) is 0 Å². The van der Waals surface area contributed by atoms with Crippen LogP contribution in [-0.2, 0) is 49.5 Å². The van der Waals surface area contributed by atoms with Crippen LogP contribution < -0.4 is 0 Å². The Morgan fingerprint density at radius 2 is 1.89 bits per heavy atom. The predicted octanol–water partition coefficient (Wildman–Crippen LogP) is 4.10. The SMILES string of the molecule is C=Cc1cnn(-c2ccc(CO/N=C3/CO[C@H]4CC(=NC(C)=O)[C@H](C)C[C@@](C)(OC3)[C@H](O[C@@H]3O[C@H](C)C[C@H](N(C)C)[C@H]3O)[C@@H](C)C(=O)[C@@H](C)C(=O)O[C@@H](CC)[C@@]4(C)O)cn2)c1. The van der Waals surface area contributed by atoms with Gasteiger partial charge in [0.25, 0.3) is 0 Å². The molecule has 17 nitrogen and oxygen atoms in total. The number of hydrogen-bond acceptors (Lipinski definition) is 15. The molecule has 5 rings (SSSR count). The number of aromatic nitrogens is 3. The maximum absolute atomic E-state index is 14.5. The Morgan fingerprint density at radius 3 is 2.51 bits per heavy atom. The van der Waals surface area contributed by atoms with Crippen LogP contribution in [0.3, 0.4) is 0 Å². The summed E-state index contributed by atoms with van der Waals surface area (Å²) in [5.74, 6) is -4.00. The van der Waals surface area contributed by atoms with Gasteiger partial charge in [-0.2, -0.15) is 5.10 Å². The van der Waals surface area contributed by atoms with Crippen LogP contribution in [-0.4, -0.2) is 140 Å². The molecule has 2 aromatic rings. The smallest absolute Gasteiger partial charge is 0.316 e. The Morgan fingerprint density at radius 1 is 1.15 bits per heavy atom. The van der Waals surface area contributed by atoms with Crippen LogP contribution in [0.15, 0.2) is 47.5 Å². The quantitative estimate of drug-likeness (QED) is 0.207.